The van der Waals surface area contributed by atoms with Gasteiger partial charge in [0.1, 0.15) is 18.8 Å². The number of hydrogen-bond acceptors (Lipinski definition) is 6. The molecule has 0 spiro atoms. The number of piperidine rings is 1. The molecular weight excluding hydrogens is 362 g/mol. The summed E-state index contributed by atoms with van der Waals surface area (Å²) in [6.07, 6.45) is 1.40. The maximum Gasteiger partial charge on any atom is 0.410 e. The molecule has 0 aliphatic carbocycles. The van der Waals surface area contributed by atoms with Crippen LogP contribution in [-0.2, 0) is 9.53 Å². The van der Waals surface area contributed by atoms with Crippen LogP contribution in [0.3, 0.4) is 0 Å². The largest absolute Gasteiger partial charge is 0.486 e. The fourth-order valence-corrected chi connectivity index (χ4v) is 4.10. The Balaban J connectivity index is 1.30. The normalized spacial score (nSPS) is 27.4. The highest BCUT2D eigenvalue weighted by atomic mass is 16.6. The Labute approximate surface area is 164 Å². The average Bonchev–Trinajstić information content (AvgIpc) is 3.07. The highest BCUT2D eigenvalue weighted by molar-refractivity contribution is 5.73. The van der Waals surface area contributed by atoms with Crippen molar-refractivity contribution in [2.24, 2.45) is 0 Å². The molecule has 0 bridgehead atoms. The minimum absolute atomic E-state index is 0.0216. The number of nitrogens with one attached hydrogen (secondary N) is 1. The van der Waals surface area contributed by atoms with Gasteiger partial charge in [0.05, 0.1) is 13.1 Å². The minimum Gasteiger partial charge on any atom is -0.486 e. The van der Waals surface area contributed by atoms with E-state index in [-0.39, 0.29) is 30.3 Å². The van der Waals surface area contributed by atoms with E-state index >= 15 is 0 Å². The van der Waals surface area contributed by atoms with E-state index in [2.05, 4.69) is 10.2 Å². The summed E-state index contributed by atoms with van der Waals surface area (Å²) in [5, 5.41) is 2.72. The Kier molecular flexibility index (Phi) is 5.57. The summed E-state index contributed by atoms with van der Waals surface area (Å²) in [5.74, 6) is 1.46. The van der Waals surface area contributed by atoms with Gasteiger partial charge in [-0.25, -0.2) is 4.79 Å². The van der Waals surface area contributed by atoms with E-state index < -0.39 is 0 Å². The van der Waals surface area contributed by atoms with Crippen molar-refractivity contribution >= 4 is 12.0 Å². The predicted molar refractivity (Wildman–Crippen MR) is 101 cm³/mol. The second-order valence-electron chi connectivity index (χ2n) is 7.65. The highest BCUT2D eigenvalue weighted by Crippen LogP contribution is 2.31. The number of rotatable bonds is 5. The molecule has 1 aromatic carbocycles. The zero-order chi connectivity index (χ0) is 19.5. The summed E-state index contributed by atoms with van der Waals surface area (Å²) in [6, 6.07) is 7.85. The second kappa shape index (κ2) is 8.26. The number of benzene rings is 1. The standard InChI is InChI=1S/C20H27N3O5/c1-14(24)21-9-16-12-23(20(25)28-16)15-5-4-8-22(10-15)11-17-13-26-18-6-2-3-7-19(18)27-17/h2-3,6-7,15-17H,4-5,8-13H2,1H3,(H,21,24)/t15-,16?,17-/m0/s1. The van der Waals surface area contributed by atoms with Crippen LogP contribution in [0.2, 0.25) is 0 Å². The Morgan fingerprint density at radius 3 is 2.82 bits per heavy atom. The smallest absolute Gasteiger partial charge is 0.410 e. The fourth-order valence-electron chi connectivity index (χ4n) is 4.10. The SMILES string of the molecule is CC(=O)NCC1CN([C@H]2CCCN(C[C@H]3COc4ccccc4O3)C2)C(=O)O1. The van der Waals surface area contributed by atoms with Crippen LogP contribution in [-0.4, -0.2) is 79.4 Å². The molecule has 2 amide bonds. The van der Waals surface area contributed by atoms with E-state index in [0.29, 0.717) is 19.7 Å². The first-order valence-corrected chi connectivity index (χ1v) is 9.91. The first kappa shape index (κ1) is 18.9. The molecule has 1 unspecified atom stereocenters. The van der Waals surface area contributed by atoms with E-state index in [1.807, 2.05) is 29.2 Å². The first-order valence-electron chi connectivity index (χ1n) is 9.91. The fraction of sp³-hybridized carbons (Fsp3) is 0.600. The molecular formula is C20H27N3O5. The highest BCUT2D eigenvalue weighted by Gasteiger charge is 2.38. The first-order chi connectivity index (χ1) is 13.6. The maximum absolute atomic E-state index is 12.3. The number of nitrogens with zero attached hydrogens (tertiary/aromatic N) is 2. The molecule has 4 rings (SSSR count). The van der Waals surface area contributed by atoms with E-state index in [1.165, 1.54) is 6.92 Å². The lowest BCUT2D eigenvalue weighted by Crippen LogP contribution is -2.51. The number of para-hydroxylation sites is 2. The van der Waals surface area contributed by atoms with E-state index in [9.17, 15) is 9.59 Å². The summed E-state index contributed by atoms with van der Waals surface area (Å²) in [6.45, 7) is 5.42. The Hall–Kier alpha value is -2.48. The van der Waals surface area contributed by atoms with Gasteiger partial charge in [-0.1, -0.05) is 12.1 Å². The van der Waals surface area contributed by atoms with Crippen molar-refractivity contribution in [3.63, 3.8) is 0 Å². The van der Waals surface area contributed by atoms with Crippen molar-refractivity contribution in [2.75, 3.05) is 39.3 Å². The average molecular weight is 389 g/mol. The molecule has 3 aliphatic rings. The van der Waals surface area contributed by atoms with E-state index in [4.69, 9.17) is 14.2 Å². The minimum atomic E-state index is -0.284. The van der Waals surface area contributed by atoms with Crippen LogP contribution in [0.1, 0.15) is 19.8 Å². The van der Waals surface area contributed by atoms with Gasteiger partial charge in [-0.15, -0.1) is 0 Å². The van der Waals surface area contributed by atoms with Crippen molar-refractivity contribution in [2.45, 2.75) is 38.0 Å². The third kappa shape index (κ3) is 4.32. The van der Waals surface area contributed by atoms with Crippen LogP contribution in [0, 0.1) is 0 Å². The third-order valence-electron chi connectivity index (χ3n) is 5.43. The molecule has 2 fully saturated rings. The Morgan fingerprint density at radius 2 is 2.00 bits per heavy atom. The number of ether oxygens (including phenoxy) is 3. The number of carbonyl (C=O) groups is 2. The summed E-state index contributed by atoms with van der Waals surface area (Å²) in [5.41, 5.74) is 0. The molecule has 0 aromatic heterocycles. The maximum atomic E-state index is 12.3. The molecule has 3 atom stereocenters. The van der Waals surface area contributed by atoms with Crippen LogP contribution < -0.4 is 14.8 Å². The lowest BCUT2D eigenvalue weighted by Gasteiger charge is -2.38. The topological polar surface area (TPSA) is 80.3 Å². The van der Waals surface area contributed by atoms with Crippen molar-refractivity contribution in [1.29, 1.82) is 0 Å². The van der Waals surface area contributed by atoms with Crippen LogP contribution in [0.15, 0.2) is 24.3 Å². The summed E-state index contributed by atoms with van der Waals surface area (Å²) in [4.78, 5) is 27.5. The quantitative estimate of drug-likeness (QED) is 0.816. The van der Waals surface area contributed by atoms with Gasteiger partial charge in [0.15, 0.2) is 11.5 Å². The zero-order valence-electron chi connectivity index (χ0n) is 16.1. The molecule has 28 heavy (non-hydrogen) atoms. The number of likely N-dealkylation sites (tertiary alicyclic amines) is 1. The summed E-state index contributed by atoms with van der Waals surface area (Å²) in [7, 11) is 0. The van der Waals surface area contributed by atoms with Crippen molar-refractivity contribution < 1.29 is 23.8 Å². The van der Waals surface area contributed by atoms with Crippen LogP contribution in [0.4, 0.5) is 4.79 Å². The molecule has 8 nitrogen and oxygen atoms in total. The van der Waals surface area contributed by atoms with Gasteiger partial charge >= 0.3 is 6.09 Å². The van der Waals surface area contributed by atoms with Gasteiger partial charge in [0, 0.05) is 26.1 Å². The molecule has 1 N–H and O–H groups in total. The molecule has 3 heterocycles. The molecule has 1 aromatic rings. The summed E-state index contributed by atoms with van der Waals surface area (Å²) >= 11 is 0. The van der Waals surface area contributed by atoms with E-state index in [0.717, 1.165) is 44.0 Å². The monoisotopic (exact) mass is 389 g/mol. The number of fused-ring (bicyclic) bond motifs is 1. The lowest BCUT2D eigenvalue weighted by molar-refractivity contribution is -0.119. The van der Waals surface area contributed by atoms with Crippen LogP contribution in [0.25, 0.3) is 0 Å². The molecule has 3 aliphatic heterocycles. The Bertz CT molecular complexity index is 728. The number of hydrogen-bond donors (Lipinski definition) is 1. The van der Waals surface area contributed by atoms with Gasteiger partial charge in [0.2, 0.25) is 5.91 Å². The van der Waals surface area contributed by atoms with Crippen molar-refractivity contribution in [3.05, 3.63) is 24.3 Å². The van der Waals surface area contributed by atoms with Crippen molar-refractivity contribution in [3.8, 4) is 11.5 Å². The zero-order valence-corrected chi connectivity index (χ0v) is 16.1. The third-order valence-corrected chi connectivity index (χ3v) is 5.43. The van der Waals surface area contributed by atoms with Crippen LogP contribution >= 0.6 is 0 Å². The van der Waals surface area contributed by atoms with Crippen molar-refractivity contribution in [1.82, 2.24) is 15.1 Å². The van der Waals surface area contributed by atoms with Crippen LogP contribution in [0.5, 0.6) is 11.5 Å². The predicted octanol–water partition coefficient (Wildman–Crippen LogP) is 1.25. The van der Waals surface area contributed by atoms with Gasteiger partial charge in [-0.05, 0) is 31.5 Å². The number of carbonyl (C=O) groups excluding carboxylic acids is 2. The molecule has 8 heteroatoms. The number of amides is 2. The molecule has 0 saturated carbocycles. The van der Waals surface area contributed by atoms with E-state index in [1.54, 1.807) is 0 Å². The number of cyclic esters (lactones) is 1. The second-order valence-corrected chi connectivity index (χ2v) is 7.65. The molecule has 0 radical (unpaired) electrons. The van der Waals surface area contributed by atoms with Gasteiger partial charge in [0.25, 0.3) is 0 Å². The Morgan fingerprint density at radius 1 is 1.18 bits per heavy atom. The molecule has 152 valence electrons. The lowest BCUT2D eigenvalue weighted by atomic mass is 10.0. The van der Waals surface area contributed by atoms with Gasteiger partial charge in [-0.3, -0.25) is 9.69 Å². The van der Waals surface area contributed by atoms with Gasteiger partial charge in [-0.2, -0.15) is 0 Å². The van der Waals surface area contributed by atoms with Gasteiger partial charge < -0.3 is 24.4 Å². The summed E-state index contributed by atoms with van der Waals surface area (Å²) < 4.78 is 17.3. The molecule has 2 saturated heterocycles.